The third-order valence-corrected chi connectivity index (χ3v) is 4.99. The molecule has 0 fully saturated rings. The maximum atomic E-state index is 12.9. The van der Waals surface area contributed by atoms with Gasteiger partial charge in [0, 0.05) is 10.8 Å². The Labute approximate surface area is 132 Å². The lowest BCUT2D eigenvalue weighted by molar-refractivity contribution is 0.801. The number of pyridine rings is 1. The Kier molecular flexibility index (Phi) is 3.09. The van der Waals surface area contributed by atoms with Gasteiger partial charge in [-0.25, -0.2) is 0 Å². The van der Waals surface area contributed by atoms with Crippen LogP contribution in [0.3, 0.4) is 0 Å². The maximum Gasteiger partial charge on any atom is 0.269 e. The Morgan fingerprint density at radius 2 is 1.77 bits per heavy atom. The summed E-state index contributed by atoms with van der Waals surface area (Å²) in [6, 6.07) is 18.4. The highest BCUT2D eigenvalue weighted by molar-refractivity contribution is 7.17. The quantitative estimate of drug-likeness (QED) is 0.531. The SMILES string of the molecule is Cc1cccc2c3ccsc3c(=O)n(Cc3ccccc3)c12. The molecule has 108 valence electrons. The van der Waals surface area contributed by atoms with Crippen molar-refractivity contribution in [3.8, 4) is 0 Å². The summed E-state index contributed by atoms with van der Waals surface area (Å²) in [4.78, 5) is 12.9. The van der Waals surface area contributed by atoms with Crippen LogP contribution in [-0.2, 0) is 6.54 Å². The highest BCUT2D eigenvalue weighted by atomic mass is 32.1. The maximum absolute atomic E-state index is 12.9. The summed E-state index contributed by atoms with van der Waals surface area (Å²) in [7, 11) is 0. The average molecular weight is 305 g/mol. The van der Waals surface area contributed by atoms with Crippen LogP contribution in [0.2, 0.25) is 0 Å². The van der Waals surface area contributed by atoms with E-state index in [2.05, 4.69) is 43.3 Å². The molecule has 0 bridgehead atoms. The molecule has 3 heteroatoms. The zero-order valence-corrected chi connectivity index (χ0v) is 13.1. The van der Waals surface area contributed by atoms with E-state index in [1.807, 2.05) is 28.1 Å². The van der Waals surface area contributed by atoms with E-state index in [1.165, 1.54) is 11.3 Å². The number of hydrogen-bond acceptors (Lipinski definition) is 2. The van der Waals surface area contributed by atoms with Crippen molar-refractivity contribution < 1.29 is 0 Å². The molecule has 0 amide bonds. The van der Waals surface area contributed by atoms with Crippen LogP contribution >= 0.6 is 11.3 Å². The van der Waals surface area contributed by atoms with Crippen molar-refractivity contribution >= 4 is 32.3 Å². The lowest BCUT2D eigenvalue weighted by Gasteiger charge is -2.13. The summed E-state index contributed by atoms with van der Waals surface area (Å²) in [5.41, 5.74) is 3.43. The fourth-order valence-corrected chi connectivity index (χ4v) is 3.92. The standard InChI is InChI=1S/C19H15NOS/c1-13-6-5-9-15-16-10-11-22-18(16)19(21)20(17(13)15)12-14-7-3-2-4-8-14/h2-11H,12H2,1H3. The van der Waals surface area contributed by atoms with Gasteiger partial charge in [-0.1, -0.05) is 48.5 Å². The second-order valence-corrected chi connectivity index (χ2v) is 6.43. The summed E-state index contributed by atoms with van der Waals surface area (Å²) in [5, 5.41) is 4.23. The molecular formula is C19H15NOS. The molecule has 0 radical (unpaired) electrons. The molecule has 0 N–H and O–H groups in total. The number of aryl methyl sites for hydroxylation is 1. The van der Waals surface area contributed by atoms with Gasteiger partial charge in [0.25, 0.3) is 5.56 Å². The number of aromatic nitrogens is 1. The van der Waals surface area contributed by atoms with Gasteiger partial charge in [-0.2, -0.15) is 0 Å². The molecule has 22 heavy (non-hydrogen) atoms. The fourth-order valence-electron chi connectivity index (χ4n) is 3.06. The van der Waals surface area contributed by atoms with Crippen LogP contribution in [-0.4, -0.2) is 4.57 Å². The topological polar surface area (TPSA) is 22.0 Å². The number of hydrogen-bond donors (Lipinski definition) is 0. The van der Waals surface area contributed by atoms with Crippen LogP contribution in [0.4, 0.5) is 0 Å². The highest BCUT2D eigenvalue weighted by Crippen LogP contribution is 2.28. The number of rotatable bonds is 2. The van der Waals surface area contributed by atoms with E-state index in [9.17, 15) is 4.79 Å². The van der Waals surface area contributed by atoms with Gasteiger partial charge in [0.05, 0.1) is 12.1 Å². The van der Waals surface area contributed by atoms with E-state index >= 15 is 0 Å². The van der Waals surface area contributed by atoms with Crippen molar-refractivity contribution in [1.29, 1.82) is 0 Å². The number of thiophene rings is 1. The van der Waals surface area contributed by atoms with E-state index in [1.54, 1.807) is 0 Å². The molecule has 4 aromatic rings. The fraction of sp³-hybridized carbons (Fsp3) is 0.105. The summed E-state index contributed by atoms with van der Waals surface area (Å²) in [6.45, 7) is 2.68. The molecule has 2 aromatic carbocycles. The van der Waals surface area contributed by atoms with Crippen LogP contribution < -0.4 is 5.56 Å². The Morgan fingerprint density at radius 3 is 2.59 bits per heavy atom. The summed E-state index contributed by atoms with van der Waals surface area (Å²) in [6.07, 6.45) is 0. The summed E-state index contributed by atoms with van der Waals surface area (Å²) < 4.78 is 2.76. The van der Waals surface area contributed by atoms with Gasteiger partial charge in [0.2, 0.25) is 0 Å². The molecule has 0 aliphatic rings. The molecule has 2 aromatic heterocycles. The van der Waals surface area contributed by atoms with Gasteiger partial charge < -0.3 is 4.57 Å². The van der Waals surface area contributed by atoms with Crippen LogP contribution in [0.1, 0.15) is 11.1 Å². The third kappa shape index (κ3) is 1.97. The number of nitrogens with zero attached hydrogens (tertiary/aromatic N) is 1. The van der Waals surface area contributed by atoms with Crippen molar-refractivity contribution in [2.75, 3.05) is 0 Å². The number of fused-ring (bicyclic) bond motifs is 3. The molecular weight excluding hydrogens is 290 g/mol. The first-order valence-electron chi connectivity index (χ1n) is 7.29. The molecule has 0 saturated heterocycles. The normalized spacial score (nSPS) is 11.3. The Hall–Kier alpha value is -2.39. The smallest absolute Gasteiger partial charge is 0.269 e. The van der Waals surface area contributed by atoms with Crippen molar-refractivity contribution in [2.45, 2.75) is 13.5 Å². The molecule has 0 aliphatic carbocycles. The molecule has 4 rings (SSSR count). The molecule has 0 atom stereocenters. The van der Waals surface area contributed by atoms with Gasteiger partial charge in [0.1, 0.15) is 4.70 Å². The van der Waals surface area contributed by atoms with Crippen LogP contribution in [0.15, 0.2) is 64.8 Å². The van der Waals surface area contributed by atoms with Gasteiger partial charge in [0.15, 0.2) is 0 Å². The second kappa shape index (κ2) is 5.11. The predicted molar refractivity (Wildman–Crippen MR) is 93.9 cm³/mol. The lowest BCUT2D eigenvalue weighted by atomic mass is 10.1. The molecule has 0 unspecified atom stereocenters. The Bertz CT molecular complexity index is 1030. The minimum atomic E-state index is 0.107. The first-order valence-corrected chi connectivity index (χ1v) is 8.17. The third-order valence-electron chi connectivity index (χ3n) is 4.09. The molecule has 0 saturated carbocycles. The first kappa shape index (κ1) is 13.3. The minimum Gasteiger partial charge on any atom is -0.302 e. The predicted octanol–water partition coefficient (Wildman–Crippen LogP) is 4.57. The van der Waals surface area contributed by atoms with Crippen LogP contribution in [0.25, 0.3) is 21.0 Å². The highest BCUT2D eigenvalue weighted by Gasteiger charge is 2.13. The Morgan fingerprint density at radius 1 is 0.955 bits per heavy atom. The van der Waals surface area contributed by atoms with Crippen molar-refractivity contribution in [1.82, 2.24) is 4.57 Å². The largest absolute Gasteiger partial charge is 0.302 e. The van der Waals surface area contributed by atoms with E-state index in [0.29, 0.717) is 6.54 Å². The minimum absolute atomic E-state index is 0.107. The monoisotopic (exact) mass is 305 g/mol. The number of benzene rings is 2. The van der Waals surface area contributed by atoms with Crippen molar-refractivity contribution in [3.05, 3.63) is 81.5 Å². The summed E-state index contributed by atoms with van der Waals surface area (Å²) >= 11 is 1.53. The molecule has 0 aliphatic heterocycles. The van der Waals surface area contributed by atoms with Crippen molar-refractivity contribution in [2.24, 2.45) is 0 Å². The van der Waals surface area contributed by atoms with Crippen LogP contribution in [0.5, 0.6) is 0 Å². The van der Waals surface area contributed by atoms with Gasteiger partial charge in [-0.15, -0.1) is 11.3 Å². The average Bonchev–Trinajstić information content (AvgIpc) is 3.02. The summed E-state index contributed by atoms with van der Waals surface area (Å²) in [5.74, 6) is 0. The van der Waals surface area contributed by atoms with E-state index in [4.69, 9.17) is 0 Å². The van der Waals surface area contributed by atoms with Crippen molar-refractivity contribution in [3.63, 3.8) is 0 Å². The molecule has 2 nitrogen and oxygen atoms in total. The van der Waals surface area contributed by atoms with E-state index in [-0.39, 0.29) is 5.56 Å². The van der Waals surface area contributed by atoms with Gasteiger partial charge >= 0.3 is 0 Å². The van der Waals surface area contributed by atoms with Gasteiger partial charge in [-0.3, -0.25) is 4.79 Å². The molecule has 0 spiro atoms. The van der Waals surface area contributed by atoms with Crippen LogP contribution in [0, 0.1) is 6.92 Å². The lowest BCUT2D eigenvalue weighted by Crippen LogP contribution is -2.21. The second-order valence-electron chi connectivity index (χ2n) is 5.51. The zero-order chi connectivity index (χ0) is 15.1. The van der Waals surface area contributed by atoms with E-state index in [0.717, 1.165) is 32.1 Å². The first-order chi connectivity index (χ1) is 10.8. The van der Waals surface area contributed by atoms with E-state index < -0.39 is 0 Å². The zero-order valence-electron chi connectivity index (χ0n) is 12.2. The molecule has 2 heterocycles. The number of para-hydroxylation sites is 1. The Balaban J connectivity index is 2.10. The van der Waals surface area contributed by atoms with Gasteiger partial charge in [-0.05, 0) is 29.5 Å².